The van der Waals surface area contributed by atoms with Gasteiger partial charge in [-0.25, -0.2) is 0 Å². The van der Waals surface area contributed by atoms with E-state index in [0.29, 0.717) is 12.5 Å². The highest BCUT2D eigenvalue weighted by Crippen LogP contribution is 2.23. The normalized spacial score (nSPS) is 11.5. The van der Waals surface area contributed by atoms with Crippen LogP contribution in [0.15, 0.2) is 59.6 Å². The minimum atomic E-state index is 0.417. The standard InChI is InChI=1S/C18H24N4O/c1-22(2)13-7-12-20-18(19)21-15-8-6-11-17(14-15)23-16-9-4-3-5-10-16/h3-6,8-11,14H,7,12-13H2,1-2H3,(H3,19,20,21). The van der Waals surface area contributed by atoms with Crippen molar-refractivity contribution < 1.29 is 4.74 Å². The molecule has 2 rings (SSSR count). The van der Waals surface area contributed by atoms with Crippen LogP contribution in [0.25, 0.3) is 0 Å². The molecule has 0 heterocycles. The molecule has 0 amide bonds. The molecule has 5 heteroatoms. The second-order valence-electron chi connectivity index (χ2n) is 5.49. The van der Waals surface area contributed by atoms with Crippen LogP contribution in [0.1, 0.15) is 6.42 Å². The number of nitrogens with zero attached hydrogens (tertiary/aromatic N) is 2. The fourth-order valence-electron chi connectivity index (χ4n) is 2.04. The van der Waals surface area contributed by atoms with Gasteiger partial charge in [-0.1, -0.05) is 24.3 Å². The quantitative estimate of drug-likeness (QED) is 0.468. The van der Waals surface area contributed by atoms with Crippen molar-refractivity contribution in [2.24, 2.45) is 10.7 Å². The topological polar surface area (TPSA) is 62.9 Å². The molecule has 0 bridgehead atoms. The Morgan fingerprint density at radius 1 is 1.09 bits per heavy atom. The SMILES string of the molecule is CN(C)CCCN=C(N)Nc1cccc(Oc2ccccc2)c1. The number of ether oxygens (including phenoxy) is 1. The number of nitrogens with two attached hydrogens (primary N) is 1. The zero-order chi connectivity index (χ0) is 16.5. The lowest BCUT2D eigenvalue weighted by molar-refractivity contribution is 0.403. The molecule has 0 spiro atoms. The van der Waals surface area contributed by atoms with Crippen LogP contribution in [0.2, 0.25) is 0 Å². The van der Waals surface area contributed by atoms with Crippen LogP contribution in [0.4, 0.5) is 5.69 Å². The molecular weight excluding hydrogens is 288 g/mol. The van der Waals surface area contributed by atoms with Gasteiger partial charge in [0.15, 0.2) is 5.96 Å². The van der Waals surface area contributed by atoms with Crippen molar-refractivity contribution in [1.82, 2.24) is 4.90 Å². The van der Waals surface area contributed by atoms with Gasteiger partial charge in [0.1, 0.15) is 11.5 Å². The molecule has 3 N–H and O–H groups in total. The molecule has 122 valence electrons. The van der Waals surface area contributed by atoms with Gasteiger partial charge in [0, 0.05) is 18.3 Å². The number of para-hydroxylation sites is 1. The summed E-state index contributed by atoms with van der Waals surface area (Å²) in [4.78, 5) is 6.45. The van der Waals surface area contributed by atoms with Crippen LogP contribution in [0, 0.1) is 0 Å². The predicted octanol–water partition coefficient (Wildman–Crippen LogP) is 3.16. The zero-order valence-corrected chi connectivity index (χ0v) is 13.7. The summed E-state index contributed by atoms with van der Waals surface area (Å²) in [5.41, 5.74) is 6.76. The third-order valence-corrected chi connectivity index (χ3v) is 3.13. The monoisotopic (exact) mass is 312 g/mol. The van der Waals surface area contributed by atoms with E-state index in [1.165, 1.54) is 0 Å². The molecule has 0 radical (unpaired) electrons. The van der Waals surface area contributed by atoms with E-state index >= 15 is 0 Å². The van der Waals surface area contributed by atoms with Crippen molar-refractivity contribution in [2.75, 3.05) is 32.5 Å². The molecule has 5 nitrogen and oxygen atoms in total. The summed E-state index contributed by atoms with van der Waals surface area (Å²) < 4.78 is 5.80. The molecular formula is C18H24N4O. The number of hydrogen-bond acceptors (Lipinski definition) is 3. The lowest BCUT2D eigenvalue weighted by Gasteiger charge is -2.10. The van der Waals surface area contributed by atoms with Crippen molar-refractivity contribution in [3.63, 3.8) is 0 Å². The Bertz CT molecular complexity index is 626. The van der Waals surface area contributed by atoms with Gasteiger partial charge in [-0.2, -0.15) is 0 Å². The number of anilines is 1. The molecule has 0 fully saturated rings. The Kier molecular flexibility index (Phi) is 6.44. The summed E-state index contributed by atoms with van der Waals surface area (Å²) in [6, 6.07) is 17.3. The first-order valence-corrected chi connectivity index (χ1v) is 7.68. The fraction of sp³-hybridized carbons (Fsp3) is 0.278. The van der Waals surface area contributed by atoms with Crippen LogP contribution in [0.3, 0.4) is 0 Å². The lowest BCUT2D eigenvalue weighted by Crippen LogP contribution is -2.23. The molecule has 0 saturated carbocycles. The van der Waals surface area contributed by atoms with Gasteiger partial charge >= 0.3 is 0 Å². The highest BCUT2D eigenvalue weighted by atomic mass is 16.5. The van der Waals surface area contributed by atoms with E-state index in [1.807, 2.05) is 68.7 Å². The Balaban J connectivity index is 1.90. The first-order valence-electron chi connectivity index (χ1n) is 7.68. The van der Waals surface area contributed by atoms with E-state index in [0.717, 1.165) is 30.2 Å². The minimum Gasteiger partial charge on any atom is -0.457 e. The molecule has 0 unspecified atom stereocenters. The summed E-state index contributed by atoms with van der Waals surface area (Å²) in [6.07, 6.45) is 0.979. The molecule has 2 aromatic carbocycles. The number of benzene rings is 2. The van der Waals surface area contributed by atoms with Crippen LogP contribution in [-0.4, -0.2) is 38.0 Å². The molecule has 2 aromatic rings. The van der Waals surface area contributed by atoms with Gasteiger partial charge in [0.25, 0.3) is 0 Å². The number of rotatable bonds is 7. The Hall–Kier alpha value is -2.53. The van der Waals surface area contributed by atoms with Gasteiger partial charge in [-0.3, -0.25) is 4.99 Å². The maximum Gasteiger partial charge on any atom is 0.193 e. The largest absolute Gasteiger partial charge is 0.457 e. The van der Waals surface area contributed by atoms with E-state index < -0.39 is 0 Å². The second-order valence-corrected chi connectivity index (χ2v) is 5.49. The van der Waals surface area contributed by atoms with Gasteiger partial charge in [0.05, 0.1) is 0 Å². The number of aliphatic imine (C=N–C) groups is 1. The molecule has 0 saturated heterocycles. The summed E-state index contributed by atoms with van der Waals surface area (Å²) in [5, 5.41) is 3.09. The summed E-state index contributed by atoms with van der Waals surface area (Å²) in [5.74, 6) is 1.97. The van der Waals surface area contributed by atoms with Crippen molar-refractivity contribution in [2.45, 2.75) is 6.42 Å². The first-order chi connectivity index (χ1) is 11.1. The summed E-state index contributed by atoms with van der Waals surface area (Å²) >= 11 is 0. The highest BCUT2D eigenvalue weighted by Gasteiger charge is 2.00. The van der Waals surface area contributed by atoms with Gasteiger partial charge in [-0.05, 0) is 51.3 Å². The maximum atomic E-state index is 5.91. The van der Waals surface area contributed by atoms with Crippen molar-refractivity contribution in [3.8, 4) is 11.5 Å². The molecule has 0 aliphatic heterocycles. The van der Waals surface area contributed by atoms with E-state index in [-0.39, 0.29) is 0 Å². The number of nitrogens with one attached hydrogen (secondary N) is 1. The lowest BCUT2D eigenvalue weighted by atomic mass is 10.3. The average Bonchev–Trinajstić information content (AvgIpc) is 2.53. The molecule has 0 atom stereocenters. The third-order valence-electron chi connectivity index (χ3n) is 3.13. The van der Waals surface area contributed by atoms with Crippen LogP contribution in [-0.2, 0) is 0 Å². The van der Waals surface area contributed by atoms with Crippen LogP contribution < -0.4 is 15.8 Å². The van der Waals surface area contributed by atoms with Gasteiger partial charge in [-0.15, -0.1) is 0 Å². The average molecular weight is 312 g/mol. The van der Waals surface area contributed by atoms with Crippen molar-refractivity contribution in [3.05, 3.63) is 54.6 Å². The first kappa shape index (κ1) is 16.8. The smallest absolute Gasteiger partial charge is 0.193 e. The Morgan fingerprint density at radius 3 is 2.57 bits per heavy atom. The second kappa shape index (κ2) is 8.80. The fourth-order valence-corrected chi connectivity index (χ4v) is 2.04. The number of hydrogen-bond donors (Lipinski definition) is 2. The van der Waals surface area contributed by atoms with E-state index in [9.17, 15) is 0 Å². The van der Waals surface area contributed by atoms with E-state index in [4.69, 9.17) is 10.5 Å². The highest BCUT2D eigenvalue weighted by molar-refractivity contribution is 5.92. The van der Waals surface area contributed by atoms with E-state index in [1.54, 1.807) is 0 Å². The minimum absolute atomic E-state index is 0.417. The third kappa shape index (κ3) is 6.40. The predicted molar refractivity (Wildman–Crippen MR) is 96.2 cm³/mol. The molecule has 0 aromatic heterocycles. The summed E-state index contributed by atoms with van der Waals surface area (Å²) in [6.45, 7) is 1.70. The van der Waals surface area contributed by atoms with Crippen molar-refractivity contribution >= 4 is 11.6 Å². The Labute approximate surface area is 137 Å². The Morgan fingerprint density at radius 2 is 1.83 bits per heavy atom. The molecule has 0 aliphatic rings. The molecule has 0 aliphatic carbocycles. The van der Waals surface area contributed by atoms with Crippen LogP contribution in [0.5, 0.6) is 11.5 Å². The van der Waals surface area contributed by atoms with Gasteiger partial charge in [0.2, 0.25) is 0 Å². The van der Waals surface area contributed by atoms with E-state index in [2.05, 4.69) is 15.2 Å². The summed E-state index contributed by atoms with van der Waals surface area (Å²) in [7, 11) is 4.09. The van der Waals surface area contributed by atoms with Crippen LogP contribution >= 0.6 is 0 Å². The molecule has 23 heavy (non-hydrogen) atoms. The van der Waals surface area contributed by atoms with Gasteiger partial charge < -0.3 is 20.7 Å². The number of guanidine groups is 1. The maximum absolute atomic E-state index is 5.91. The van der Waals surface area contributed by atoms with Crippen molar-refractivity contribution in [1.29, 1.82) is 0 Å². The zero-order valence-electron chi connectivity index (χ0n) is 13.7.